The lowest BCUT2D eigenvalue weighted by molar-refractivity contribution is 0.334. The minimum Gasteiger partial charge on any atom is -0.267 e. The smallest absolute Gasteiger partial charge is 0.267 e. The van der Waals surface area contributed by atoms with Crippen molar-refractivity contribution < 1.29 is 0 Å². The molecule has 1 aromatic heterocycles. The Morgan fingerprint density at radius 3 is 2.31 bits per heavy atom. The highest BCUT2D eigenvalue weighted by Crippen LogP contribution is 2.09. The normalized spacial score (nSPS) is 11.8. The molecular weight excluding hydrogens is 164 g/mol. The highest BCUT2D eigenvalue weighted by atomic mass is 16.1. The van der Waals surface area contributed by atoms with E-state index in [0.717, 1.165) is 11.3 Å². The summed E-state index contributed by atoms with van der Waals surface area (Å²) in [4.78, 5) is 11.7. The number of aryl methyl sites for hydroxylation is 2. The van der Waals surface area contributed by atoms with E-state index in [-0.39, 0.29) is 11.1 Å². The summed E-state index contributed by atoms with van der Waals surface area (Å²) in [6.45, 7) is 9.63. The topological polar surface area (TPSA) is 34.9 Å². The van der Waals surface area contributed by atoms with Crippen LogP contribution in [0.15, 0.2) is 10.9 Å². The molecule has 0 atom stereocenters. The van der Waals surface area contributed by atoms with Gasteiger partial charge in [0.25, 0.3) is 5.56 Å². The zero-order chi connectivity index (χ0) is 10.2. The number of nitrogens with zero attached hydrogens (tertiary/aromatic N) is 2. The van der Waals surface area contributed by atoms with Crippen molar-refractivity contribution in [1.29, 1.82) is 0 Å². The van der Waals surface area contributed by atoms with Gasteiger partial charge in [0, 0.05) is 5.56 Å². The molecule has 0 aliphatic heterocycles. The first-order valence-corrected chi connectivity index (χ1v) is 4.40. The number of rotatable bonds is 0. The van der Waals surface area contributed by atoms with Gasteiger partial charge in [-0.25, -0.2) is 4.68 Å². The average molecular weight is 180 g/mol. The van der Waals surface area contributed by atoms with Gasteiger partial charge in [-0.3, -0.25) is 4.79 Å². The van der Waals surface area contributed by atoms with E-state index < -0.39 is 0 Å². The molecule has 0 N–H and O–H groups in total. The van der Waals surface area contributed by atoms with Gasteiger partial charge in [0.15, 0.2) is 0 Å². The summed E-state index contributed by atoms with van der Waals surface area (Å²) in [5.74, 6) is 0. The summed E-state index contributed by atoms with van der Waals surface area (Å²) < 4.78 is 1.54. The molecule has 0 saturated heterocycles. The molecule has 0 saturated carbocycles. The molecule has 1 aromatic rings. The van der Waals surface area contributed by atoms with Crippen LogP contribution in [0.25, 0.3) is 0 Å². The van der Waals surface area contributed by atoms with Crippen LogP contribution in [-0.2, 0) is 5.54 Å². The van der Waals surface area contributed by atoms with Gasteiger partial charge >= 0.3 is 0 Å². The molecule has 1 heterocycles. The van der Waals surface area contributed by atoms with Gasteiger partial charge in [-0.15, -0.1) is 0 Å². The number of aromatic nitrogens is 2. The Morgan fingerprint density at radius 1 is 1.31 bits per heavy atom. The molecule has 0 fully saturated rings. The fraction of sp³-hybridized carbons (Fsp3) is 0.600. The van der Waals surface area contributed by atoms with Crippen LogP contribution in [0.1, 0.15) is 32.0 Å². The monoisotopic (exact) mass is 180 g/mol. The Labute approximate surface area is 78.4 Å². The molecule has 0 aliphatic carbocycles. The van der Waals surface area contributed by atoms with Gasteiger partial charge in [0.05, 0.1) is 11.2 Å². The third kappa shape index (κ3) is 1.97. The van der Waals surface area contributed by atoms with Crippen molar-refractivity contribution in [2.45, 2.75) is 40.2 Å². The van der Waals surface area contributed by atoms with Crippen molar-refractivity contribution in [3.63, 3.8) is 0 Å². The Kier molecular flexibility index (Phi) is 2.28. The van der Waals surface area contributed by atoms with Crippen LogP contribution in [0.2, 0.25) is 0 Å². The van der Waals surface area contributed by atoms with Crippen LogP contribution in [0.5, 0.6) is 0 Å². The zero-order valence-electron chi connectivity index (χ0n) is 8.88. The van der Waals surface area contributed by atoms with Gasteiger partial charge in [-0.05, 0) is 40.7 Å². The summed E-state index contributed by atoms with van der Waals surface area (Å²) >= 11 is 0. The van der Waals surface area contributed by atoms with Crippen LogP contribution in [-0.4, -0.2) is 9.78 Å². The molecule has 0 aromatic carbocycles. The van der Waals surface area contributed by atoms with Crippen LogP contribution >= 0.6 is 0 Å². The second kappa shape index (κ2) is 2.98. The van der Waals surface area contributed by atoms with E-state index in [1.165, 1.54) is 4.68 Å². The predicted molar refractivity (Wildman–Crippen MR) is 53.0 cm³/mol. The molecule has 0 radical (unpaired) electrons. The Morgan fingerprint density at radius 2 is 1.85 bits per heavy atom. The first-order valence-electron chi connectivity index (χ1n) is 4.40. The van der Waals surface area contributed by atoms with E-state index in [1.807, 2.05) is 40.7 Å². The largest absolute Gasteiger partial charge is 0.270 e. The zero-order valence-corrected chi connectivity index (χ0v) is 8.88. The van der Waals surface area contributed by atoms with Crippen molar-refractivity contribution in [2.24, 2.45) is 0 Å². The second-order valence-corrected chi connectivity index (χ2v) is 4.36. The highest BCUT2D eigenvalue weighted by Gasteiger charge is 2.16. The maximum absolute atomic E-state index is 11.7. The minimum atomic E-state index is -0.242. The number of hydrogen-bond acceptors (Lipinski definition) is 2. The van der Waals surface area contributed by atoms with Crippen molar-refractivity contribution in [2.75, 3.05) is 0 Å². The SMILES string of the molecule is Cc1cc(C)c(=O)n(C(C)(C)C)n1. The van der Waals surface area contributed by atoms with E-state index in [2.05, 4.69) is 5.10 Å². The third-order valence-corrected chi connectivity index (χ3v) is 1.85. The van der Waals surface area contributed by atoms with Crippen LogP contribution in [0.4, 0.5) is 0 Å². The molecule has 0 spiro atoms. The molecule has 72 valence electrons. The third-order valence-electron chi connectivity index (χ3n) is 1.85. The quantitative estimate of drug-likeness (QED) is 0.608. The summed E-state index contributed by atoms with van der Waals surface area (Å²) in [5.41, 5.74) is 1.39. The Bertz CT molecular complexity index is 371. The van der Waals surface area contributed by atoms with Gasteiger partial charge in [-0.1, -0.05) is 0 Å². The lowest BCUT2D eigenvalue weighted by atomic mass is 10.1. The molecule has 13 heavy (non-hydrogen) atoms. The Hall–Kier alpha value is -1.12. The average Bonchev–Trinajstić information content (AvgIpc) is 1.94. The van der Waals surface area contributed by atoms with E-state index >= 15 is 0 Å². The van der Waals surface area contributed by atoms with Crippen molar-refractivity contribution in [1.82, 2.24) is 9.78 Å². The lowest BCUT2D eigenvalue weighted by Gasteiger charge is -2.21. The molecule has 1 rings (SSSR count). The lowest BCUT2D eigenvalue weighted by Crippen LogP contribution is -2.37. The first kappa shape index (κ1) is 9.96. The standard InChI is InChI=1S/C10H16N2O/c1-7-6-8(2)11-12(9(7)13)10(3,4)5/h6H,1-5H3. The van der Waals surface area contributed by atoms with E-state index in [1.54, 1.807) is 0 Å². The maximum atomic E-state index is 11.7. The van der Waals surface area contributed by atoms with Gasteiger partial charge in [-0.2, -0.15) is 5.10 Å². The molecular formula is C10H16N2O. The second-order valence-electron chi connectivity index (χ2n) is 4.36. The summed E-state index contributed by atoms with van der Waals surface area (Å²) in [6.07, 6.45) is 0. The summed E-state index contributed by atoms with van der Waals surface area (Å²) in [6, 6.07) is 1.81. The van der Waals surface area contributed by atoms with Gasteiger partial charge in [0.1, 0.15) is 0 Å². The van der Waals surface area contributed by atoms with Crippen LogP contribution < -0.4 is 5.56 Å². The van der Waals surface area contributed by atoms with Gasteiger partial charge in [0.2, 0.25) is 0 Å². The van der Waals surface area contributed by atoms with Crippen molar-refractivity contribution >= 4 is 0 Å². The van der Waals surface area contributed by atoms with Crippen LogP contribution in [0, 0.1) is 13.8 Å². The summed E-state index contributed by atoms with van der Waals surface area (Å²) in [7, 11) is 0. The summed E-state index contributed by atoms with van der Waals surface area (Å²) in [5, 5.41) is 4.21. The fourth-order valence-corrected chi connectivity index (χ4v) is 1.23. The fourth-order valence-electron chi connectivity index (χ4n) is 1.23. The molecule has 3 heteroatoms. The Balaban J connectivity index is 3.47. The number of hydrogen-bond donors (Lipinski definition) is 0. The van der Waals surface area contributed by atoms with Crippen LogP contribution in [0.3, 0.4) is 0 Å². The van der Waals surface area contributed by atoms with E-state index in [9.17, 15) is 4.79 Å². The highest BCUT2D eigenvalue weighted by molar-refractivity contribution is 5.10. The molecule has 3 nitrogen and oxygen atoms in total. The molecule has 0 amide bonds. The van der Waals surface area contributed by atoms with E-state index in [0.29, 0.717) is 0 Å². The van der Waals surface area contributed by atoms with Gasteiger partial charge < -0.3 is 0 Å². The van der Waals surface area contributed by atoms with Crippen molar-refractivity contribution in [3.05, 3.63) is 27.7 Å². The van der Waals surface area contributed by atoms with E-state index in [4.69, 9.17) is 0 Å². The maximum Gasteiger partial charge on any atom is 0.270 e. The molecule has 0 bridgehead atoms. The molecule has 0 aliphatic rings. The van der Waals surface area contributed by atoms with Crippen molar-refractivity contribution in [3.8, 4) is 0 Å². The first-order chi connectivity index (χ1) is 5.82. The minimum absolute atomic E-state index is 0.00176. The predicted octanol–water partition coefficient (Wildman–Crippen LogP) is 1.62. The molecule has 0 unspecified atom stereocenters.